The zero-order valence-electron chi connectivity index (χ0n) is 9.38. The van der Waals surface area contributed by atoms with Crippen LogP contribution < -0.4 is 10.6 Å². The first-order chi connectivity index (χ1) is 7.29. The summed E-state index contributed by atoms with van der Waals surface area (Å²) in [7, 11) is 1.89. The third-order valence-corrected chi connectivity index (χ3v) is 2.78. The van der Waals surface area contributed by atoms with Crippen LogP contribution in [0.4, 0.5) is 5.82 Å². The van der Waals surface area contributed by atoms with Gasteiger partial charge in [0.15, 0.2) is 0 Å². The van der Waals surface area contributed by atoms with Crippen molar-refractivity contribution >= 4 is 5.82 Å². The van der Waals surface area contributed by atoms with E-state index < -0.39 is 0 Å². The number of hydrogen-bond donors (Lipinski definition) is 2. The topological polar surface area (TPSA) is 49.8 Å². The Morgan fingerprint density at radius 3 is 2.93 bits per heavy atom. The van der Waals surface area contributed by atoms with E-state index in [1.54, 1.807) is 0 Å². The summed E-state index contributed by atoms with van der Waals surface area (Å²) in [6, 6.07) is 2.45. The van der Waals surface area contributed by atoms with Crippen LogP contribution in [0.15, 0.2) is 6.07 Å². The van der Waals surface area contributed by atoms with Gasteiger partial charge in [-0.1, -0.05) is 6.42 Å². The Balaban J connectivity index is 2.22. The minimum absolute atomic E-state index is 0.410. The van der Waals surface area contributed by atoms with Crippen molar-refractivity contribution in [2.24, 2.45) is 0 Å². The SMILES string of the molecule is CNc1cc([C@H]2CCCCN2)nc(C)n1. The molecule has 1 aromatic heterocycles. The molecule has 0 aliphatic carbocycles. The second kappa shape index (κ2) is 4.57. The highest BCUT2D eigenvalue weighted by Crippen LogP contribution is 2.22. The molecule has 2 N–H and O–H groups in total. The average Bonchev–Trinajstić information content (AvgIpc) is 2.29. The largest absolute Gasteiger partial charge is 0.373 e. The molecule has 1 aliphatic heterocycles. The van der Waals surface area contributed by atoms with Crippen molar-refractivity contribution in [3.05, 3.63) is 17.6 Å². The molecule has 0 spiro atoms. The molecule has 0 amide bonds. The van der Waals surface area contributed by atoms with Crippen LogP contribution >= 0.6 is 0 Å². The van der Waals surface area contributed by atoms with E-state index in [1.807, 2.05) is 20.0 Å². The number of aryl methyl sites for hydroxylation is 1. The molecule has 1 aromatic rings. The van der Waals surface area contributed by atoms with Crippen molar-refractivity contribution in [1.29, 1.82) is 0 Å². The van der Waals surface area contributed by atoms with Crippen LogP contribution in [-0.2, 0) is 0 Å². The maximum Gasteiger partial charge on any atom is 0.129 e. The Bertz CT molecular complexity index is 331. The zero-order valence-corrected chi connectivity index (χ0v) is 9.38. The molecule has 0 unspecified atom stereocenters. The van der Waals surface area contributed by atoms with Crippen LogP contribution in [0.25, 0.3) is 0 Å². The Morgan fingerprint density at radius 1 is 1.40 bits per heavy atom. The lowest BCUT2D eigenvalue weighted by molar-refractivity contribution is 0.404. The molecule has 0 aromatic carbocycles. The Morgan fingerprint density at radius 2 is 2.27 bits per heavy atom. The molecule has 1 saturated heterocycles. The second-order valence-corrected chi connectivity index (χ2v) is 3.98. The van der Waals surface area contributed by atoms with Crippen molar-refractivity contribution in [2.45, 2.75) is 32.2 Å². The molecular formula is C11H18N4. The maximum atomic E-state index is 4.49. The van der Waals surface area contributed by atoms with Crippen molar-refractivity contribution in [1.82, 2.24) is 15.3 Å². The van der Waals surface area contributed by atoms with E-state index in [-0.39, 0.29) is 0 Å². The predicted molar refractivity (Wildman–Crippen MR) is 60.9 cm³/mol. The summed E-state index contributed by atoms with van der Waals surface area (Å²) in [6.45, 7) is 3.04. The first-order valence-corrected chi connectivity index (χ1v) is 5.56. The van der Waals surface area contributed by atoms with Gasteiger partial charge in [0.1, 0.15) is 11.6 Å². The van der Waals surface area contributed by atoms with Crippen LogP contribution in [0.1, 0.15) is 36.8 Å². The zero-order chi connectivity index (χ0) is 10.7. The normalized spacial score (nSPS) is 21.3. The van der Waals surface area contributed by atoms with Gasteiger partial charge < -0.3 is 10.6 Å². The number of nitrogens with zero attached hydrogens (tertiary/aromatic N) is 2. The molecule has 15 heavy (non-hydrogen) atoms. The second-order valence-electron chi connectivity index (χ2n) is 3.98. The van der Waals surface area contributed by atoms with Gasteiger partial charge in [0.05, 0.1) is 5.69 Å². The van der Waals surface area contributed by atoms with Gasteiger partial charge in [0.25, 0.3) is 0 Å². The standard InChI is InChI=1S/C11H18N4/c1-8-14-10(7-11(12-2)15-8)9-5-3-4-6-13-9/h7,9,13H,3-6H2,1-2H3,(H,12,14,15)/t9-/m1/s1. The number of rotatable bonds is 2. The van der Waals surface area contributed by atoms with Gasteiger partial charge in [-0.05, 0) is 26.3 Å². The van der Waals surface area contributed by atoms with Crippen LogP contribution in [0, 0.1) is 6.92 Å². The molecule has 1 atom stereocenters. The van der Waals surface area contributed by atoms with E-state index in [4.69, 9.17) is 0 Å². The van der Waals surface area contributed by atoms with Gasteiger partial charge in [-0.3, -0.25) is 0 Å². The molecule has 2 heterocycles. The Labute approximate surface area is 90.5 Å². The Kier molecular flexibility index (Phi) is 3.16. The molecule has 1 fully saturated rings. The highest BCUT2D eigenvalue weighted by Gasteiger charge is 2.16. The lowest BCUT2D eigenvalue weighted by atomic mass is 10.0. The van der Waals surface area contributed by atoms with Crippen molar-refractivity contribution < 1.29 is 0 Å². The monoisotopic (exact) mass is 206 g/mol. The van der Waals surface area contributed by atoms with Gasteiger partial charge in [0.2, 0.25) is 0 Å². The minimum atomic E-state index is 0.410. The maximum absolute atomic E-state index is 4.49. The fourth-order valence-corrected chi connectivity index (χ4v) is 2.00. The first-order valence-electron chi connectivity index (χ1n) is 5.56. The van der Waals surface area contributed by atoms with Gasteiger partial charge in [-0.15, -0.1) is 0 Å². The van der Waals surface area contributed by atoms with Crippen molar-refractivity contribution in [2.75, 3.05) is 18.9 Å². The van der Waals surface area contributed by atoms with Crippen molar-refractivity contribution in [3.8, 4) is 0 Å². The van der Waals surface area contributed by atoms with E-state index >= 15 is 0 Å². The molecule has 0 radical (unpaired) electrons. The summed E-state index contributed by atoms with van der Waals surface area (Å²) in [6.07, 6.45) is 3.74. The first kappa shape index (κ1) is 10.4. The van der Waals surface area contributed by atoms with E-state index in [0.29, 0.717) is 6.04 Å². The third-order valence-electron chi connectivity index (χ3n) is 2.78. The molecule has 0 bridgehead atoms. The lowest BCUT2D eigenvalue weighted by Crippen LogP contribution is -2.27. The minimum Gasteiger partial charge on any atom is -0.373 e. The van der Waals surface area contributed by atoms with Gasteiger partial charge >= 0.3 is 0 Å². The van der Waals surface area contributed by atoms with Crippen LogP contribution in [0.3, 0.4) is 0 Å². The Hall–Kier alpha value is -1.16. The summed E-state index contributed by atoms with van der Waals surface area (Å²) in [4.78, 5) is 8.79. The lowest BCUT2D eigenvalue weighted by Gasteiger charge is -2.23. The van der Waals surface area contributed by atoms with Gasteiger partial charge in [-0.25, -0.2) is 9.97 Å². The fraction of sp³-hybridized carbons (Fsp3) is 0.636. The molecule has 82 valence electrons. The van der Waals surface area contributed by atoms with Gasteiger partial charge in [0, 0.05) is 19.2 Å². The van der Waals surface area contributed by atoms with Crippen LogP contribution in [-0.4, -0.2) is 23.6 Å². The summed E-state index contributed by atoms with van der Waals surface area (Å²) in [5.74, 6) is 1.74. The van der Waals surface area contributed by atoms with E-state index in [2.05, 4.69) is 20.6 Å². The quantitative estimate of drug-likeness (QED) is 0.772. The predicted octanol–water partition coefficient (Wildman–Crippen LogP) is 1.64. The van der Waals surface area contributed by atoms with E-state index in [9.17, 15) is 0 Å². The number of hydrogen-bond acceptors (Lipinski definition) is 4. The molecular weight excluding hydrogens is 188 g/mol. The van der Waals surface area contributed by atoms with E-state index in [1.165, 1.54) is 19.3 Å². The third kappa shape index (κ3) is 2.45. The molecule has 4 heteroatoms. The van der Waals surface area contributed by atoms with Crippen molar-refractivity contribution in [3.63, 3.8) is 0 Å². The van der Waals surface area contributed by atoms with Crippen LogP contribution in [0.5, 0.6) is 0 Å². The summed E-state index contributed by atoms with van der Waals surface area (Å²) in [5, 5.41) is 6.56. The molecule has 0 saturated carbocycles. The number of nitrogens with one attached hydrogen (secondary N) is 2. The highest BCUT2D eigenvalue weighted by atomic mass is 15.0. The summed E-state index contributed by atoms with van der Waals surface area (Å²) < 4.78 is 0. The number of piperidine rings is 1. The summed E-state index contributed by atoms with van der Waals surface area (Å²) >= 11 is 0. The summed E-state index contributed by atoms with van der Waals surface area (Å²) in [5.41, 5.74) is 1.12. The molecule has 1 aliphatic rings. The average molecular weight is 206 g/mol. The number of anilines is 1. The van der Waals surface area contributed by atoms with Gasteiger partial charge in [-0.2, -0.15) is 0 Å². The molecule has 2 rings (SSSR count). The van der Waals surface area contributed by atoms with Crippen LogP contribution in [0.2, 0.25) is 0 Å². The molecule has 4 nitrogen and oxygen atoms in total. The number of aromatic nitrogens is 2. The highest BCUT2D eigenvalue weighted by molar-refractivity contribution is 5.36. The van der Waals surface area contributed by atoms with E-state index in [0.717, 1.165) is 23.9 Å². The smallest absolute Gasteiger partial charge is 0.129 e. The fourth-order valence-electron chi connectivity index (χ4n) is 2.00.